The summed E-state index contributed by atoms with van der Waals surface area (Å²) in [7, 11) is 4.00. The number of nitro groups is 1. The Kier molecular flexibility index (Phi) is 3.29. The molecule has 1 unspecified atom stereocenters. The van der Waals surface area contributed by atoms with Crippen molar-refractivity contribution in [2.24, 2.45) is 5.73 Å². The topological polar surface area (TPSA) is 75.6 Å². The highest BCUT2D eigenvalue weighted by Gasteiger charge is 2.25. The van der Waals surface area contributed by atoms with Crippen LogP contribution in [0.5, 0.6) is 0 Å². The number of rotatable bonds is 3. The van der Waals surface area contributed by atoms with Gasteiger partial charge >= 0.3 is 0 Å². The molecule has 6 heteroatoms. The Morgan fingerprint density at radius 2 is 2.36 bits per heavy atom. The molecule has 1 rings (SSSR count). The monoisotopic (exact) mass is 200 g/mol. The largest absolute Gasteiger partial charge is 0.380 e. The summed E-state index contributed by atoms with van der Waals surface area (Å²) in [5, 5.41) is 10.2. The van der Waals surface area contributed by atoms with Gasteiger partial charge in [0, 0.05) is 19.1 Å². The Balaban J connectivity index is 2.53. The van der Waals surface area contributed by atoms with Crippen molar-refractivity contribution in [3.8, 4) is 0 Å². The molecule has 0 aromatic rings. The number of hydrogen-bond acceptors (Lipinski definition) is 5. The minimum Gasteiger partial charge on any atom is -0.380 e. The van der Waals surface area contributed by atoms with Gasteiger partial charge in [0.25, 0.3) is 6.20 Å². The van der Waals surface area contributed by atoms with Crippen molar-refractivity contribution in [3.05, 3.63) is 22.1 Å². The minimum absolute atomic E-state index is 0.249. The zero-order valence-corrected chi connectivity index (χ0v) is 8.51. The van der Waals surface area contributed by atoms with Crippen molar-refractivity contribution in [1.82, 2.24) is 9.80 Å². The van der Waals surface area contributed by atoms with Gasteiger partial charge in [-0.25, -0.2) is 0 Å². The van der Waals surface area contributed by atoms with Gasteiger partial charge in [-0.15, -0.1) is 0 Å². The lowest BCUT2D eigenvalue weighted by Crippen LogP contribution is -2.33. The highest BCUT2D eigenvalue weighted by atomic mass is 16.6. The van der Waals surface area contributed by atoms with Gasteiger partial charge in [-0.2, -0.15) is 0 Å². The second-order valence-electron chi connectivity index (χ2n) is 3.69. The summed E-state index contributed by atoms with van der Waals surface area (Å²) < 4.78 is 0. The van der Waals surface area contributed by atoms with Crippen LogP contribution in [-0.4, -0.2) is 47.9 Å². The first-order valence-corrected chi connectivity index (χ1v) is 4.53. The first-order chi connectivity index (χ1) is 6.50. The number of likely N-dealkylation sites (N-methyl/N-ethyl adjacent to an activating group) is 1. The Morgan fingerprint density at radius 1 is 1.71 bits per heavy atom. The van der Waals surface area contributed by atoms with E-state index in [4.69, 9.17) is 5.73 Å². The van der Waals surface area contributed by atoms with Crippen LogP contribution >= 0.6 is 0 Å². The van der Waals surface area contributed by atoms with Crippen LogP contribution in [0.2, 0.25) is 0 Å². The third kappa shape index (κ3) is 2.59. The number of hydrogen-bond donors (Lipinski definition) is 1. The standard InChI is InChI=1S/C8H16N4O2/c1-10(2)7-3-4-11(5-7)8(9)6-12(13)14/h6-7H,3-5,9H2,1-2H3/b8-6-. The highest BCUT2D eigenvalue weighted by molar-refractivity contribution is 4.96. The second kappa shape index (κ2) is 4.28. The summed E-state index contributed by atoms with van der Waals surface area (Å²) >= 11 is 0. The number of nitrogens with two attached hydrogens (primary N) is 1. The lowest BCUT2D eigenvalue weighted by molar-refractivity contribution is -0.404. The van der Waals surface area contributed by atoms with E-state index in [0.29, 0.717) is 6.04 Å². The van der Waals surface area contributed by atoms with Crippen molar-refractivity contribution in [1.29, 1.82) is 0 Å². The number of likely N-dealkylation sites (tertiary alicyclic amines) is 1. The summed E-state index contributed by atoms with van der Waals surface area (Å²) in [6.07, 6.45) is 1.86. The van der Waals surface area contributed by atoms with Crippen LogP contribution in [-0.2, 0) is 0 Å². The molecule has 0 aromatic carbocycles. The van der Waals surface area contributed by atoms with Gasteiger partial charge in [-0.1, -0.05) is 0 Å². The summed E-state index contributed by atoms with van der Waals surface area (Å²) in [6, 6.07) is 0.439. The molecule has 0 bridgehead atoms. The first-order valence-electron chi connectivity index (χ1n) is 4.53. The molecule has 1 heterocycles. The Bertz CT molecular complexity index is 252. The molecule has 0 aliphatic carbocycles. The molecule has 14 heavy (non-hydrogen) atoms. The van der Waals surface area contributed by atoms with Crippen LogP contribution in [0.1, 0.15) is 6.42 Å². The molecule has 1 fully saturated rings. The van der Waals surface area contributed by atoms with E-state index in [2.05, 4.69) is 4.90 Å². The van der Waals surface area contributed by atoms with E-state index >= 15 is 0 Å². The maximum Gasteiger partial charge on any atom is 0.274 e. The predicted octanol–water partition coefficient (Wildman–Crippen LogP) is -0.343. The molecule has 0 amide bonds. The third-order valence-corrected chi connectivity index (χ3v) is 2.50. The fraction of sp³-hybridized carbons (Fsp3) is 0.750. The average molecular weight is 200 g/mol. The minimum atomic E-state index is -0.516. The van der Waals surface area contributed by atoms with Gasteiger partial charge < -0.3 is 15.5 Å². The molecule has 6 nitrogen and oxygen atoms in total. The maximum atomic E-state index is 10.2. The Labute approximate surface area is 83.1 Å². The molecule has 1 aliphatic heterocycles. The van der Waals surface area contributed by atoms with E-state index in [1.165, 1.54) is 0 Å². The lowest BCUT2D eigenvalue weighted by Gasteiger charge is -2.20. The van der Waals surface area contributed by atoms with Gasteiger partial charge in [0.15, 0.2) is 5.82 Å². The molecule has 0 saturated carbocycles. The van der Waals surface area contributed by atoms with Crippen molar-refractivity contribution < 1.29 is 4.92 Å². The maximum absolute atomic E-state index is 10.2. The second-order valence-corrected chi connectivity index (χ2v) is 3.69. The summed E-state index contributed by atoms with van der Waals surface area (Å²) in [6.45, 7) is 1.56. The molecular weight excluding hydrogens is 184 g/mol. The predicted molar refractivity (Wildman–Crippen MR) is 52.9 cm³/mol. The fourth-order valence-corrected chi connectivity index (χ4v) is 1.59. The van der Waals surface area contributed by atoms with E-state index in [1.807, 2.05) is 19.0 Å². The van der Waals surface area contributed by atoms with Gasteiger partial charge in [0.05, 0.1) is 4.92 Å². The van der Waals surface area contributed by atoms with Crippen LogP contribution in [0.25, 0.3) is 0 Å². The molecule has 0 spiro atoms. The summed E-state index contributed by atoms with van der Waals surface area (Å²) in [4.78, 5) is 13.6. The summed E-state index contributed by atoms with van der Waals surface area (Å²) in [5.41, 5.74) is 5.57. The van der Waals surface area contributed by atoms with E-state index in [0.717, 1.165) is 25.7 Å². The van der Waals surface area contributed by atoms with Crippen LogP contribution in [0.15, 0.2) is 12.0 Å². The van der Waals surface area contributed by atoms with Gasteiger partial charge in [0.2, 0.25) is 0 Å². The highest BCUT2D eigenvalue weighted by Crippen LogP contribution is 2.15. The van der Waals surface area contributed by atoms with Crippen LogP contribution < -0.4 is 5.73 Å². The van der Waals surface area contributed by atoms with Crippen LogP contribution in [0.3, 0.4) is 0 Å². The van der Waals surface area contributed by atoms with E-state index in [1.54, 1.807) is 0 Å². The molecule has 0 radical (unpaired) electrons. The van der Waals surface area contributed by atoms with Crippen molar-refractivity contribution in [2.45, 2.75) is 12.5 Å². The molecular formula is C8H16N4O2. The van der Waals surface area contributed by atoms with E-state index < -0.39 is 4.92 Å². The molecule has 0 aromatic heterocycles. The molecule has 1 saturated heterocycles. The molecule has 2 N–H and O–H groups in total. The summed E-state index contributed by atoms with van der Waals surface area (Å²) in [5.74, 6) is 0.249. The SMILES string of the molecule is CN(C)C1CCN(/C(N)=C\[N+](=O)[O-])C1. The van der Waals surface area contributed by atoms with Crippen molar-refractivity contribution in [3.63, 3.8) is 0 Å². The third-order valence-electron chi connectivity index (χ3n) is 2.50. The lowest BCUT2D eigenvalue weighted by atomic mass is 10.2. The molecule has 80 valence electrons. The smallest absolute Gasteiger partial charge is 0.274 e. The Morgan fingerprint density at radius 3 is 2.79 bits per heavy atom. The molecule has 1 aliphatic rings. The normalized spacial score (nSPS) is 23.2. The van der Waals surface area contributed by atoms with E-state index in [9.17, 15) is 10.1 Å². The van der Waals surface area contributed by atoms with E-state index in [-0.39, 0.29) is 5.82 Å². The van der Waals surface area contributed by atoms with Crippen LogP contribution in [0, 0.1) is 10.1 Å². The van der Waals surface area contributed by atoms with Gasteiger partial charge in [-0.05, 0) is 20.5 Å². The Hall–Kier alpha value is -1.30. The van der Waals surface area contributed by atoms with Crippen LogP contribution in [0.4, 0.5) is 0 Å². The zero-order chi connectivity index (χ0) is 10.7. The molecule has 1 atom stereocenters. The van der Waals surface area contributed by atoms with Crippen molar-refractivity contribution in [2.75, 3.05) is 27.2 Å². The first kappa shape index (κ1) is 10.8. The quantitative estimate of drug-likeness (QED) is 0.498. The van der Waals surface area contributed by atoms with Crippen molar-refractivity contribution >= 4 is 0 Å². The van der Waals surface area contributed by atoms with Gasteiger partial charge in [-0.3, -0.25) is 10.1 Å². The van der Waals surface area contributed by atoms with Gasteiger partial charge in [0.1, 0.15) is 0 Å². The number of nitrogens with zero attached hydrogens (tertiary/aromatic N) is 3. The average Bonchev–Trinajstić information content (AvgIpc) is 2.50. The fourth-order valence-electron chi connectivity index (χ4n) is 1.59. The zero-order valence-electron chi connectivity index (χ0n) is 8.51.